The van der Waals surface area contributed by atoms with Gasteiger partial charge in [-0.25, -0.2) is 9.78 Å². The van der Waals surface area contributed by atoms with Gasteiger partial charge in [-0.15, -0.1) is 0 Å². The molecule has 8 nitrogen and oxygen atoms in total. The first-order chi connectivity index (χ1) is 17.5. The summed E-state index contributed by atoms with van der Waals surface area (Å²) in [5.41, 5.74) is 0.974. The Labute approximate surface area is 211 Å². The highest BCUT2D eigenvalue weighted by atomic mass is 16.5. The maximum absolute atomic E-state index is 13.4. The summed E-state index contributed by atoms with van der Waals surface area (Å²) in [6.45, 7) is 6.55. The molecule has 0 unspecified atom stereocenters. The molecule has 0 bridgehead atoms. The molecule has 0 spiro atoms. The molecule has 36 heavy (non-hydrogen) atoms. The molecule has 1 aliphatic carbocycles. The van der Waals surface area contributed by atoms with E-state index < -0.39 is 5.97 Å². The summed E-state index contributed by atoms with van der Waals surface area (Å²) in [7, 11) is 0. The summed E-state index contributed by atoms with van der Waals surface area (Å²) in [5.74, 6) is -0.285. The smallest absolute Gasteiger partial charge is 0.341 e. The molecule has 0 N–H and O–H groups in total. The second kappa shape index (κ2) is 11.6. The van der Waals surface area contributed by atoms with Crippen molar-refractivity contribution >= 4 is 28.6 Å². The standard InChI is InChI=1S/C28H36N4O4/c1-4-7-10-19-12-14-20(15-13-19)26(33)30-25-22(28(35)36-6-3)18-21-24(32(25)16-5-2)29-23-11-8-9-17-31(23)27(21)34/h8-9,11,17-20H,4-7,10,12-16H2,1-3H3. The average molecular weight is 493 g/mol. The maximum atomic E-state index is 13.4. The van der Waals surface area contributed by atoms with E-state index in [1.807, 2.05) is 13.0 Å². The monoisotopic (exact) mass is 492 g/mol. The van der Waals surface area contributed by atoms with Crippen LogP contribution in [0.1, 0.15) is 82.5 Å². The highest BCUT2D eigenvalue weighted by Crippen LogP contribution is 2.32. The Morgan fingerprint density at radius 1 is 1.11 bits per heavy atom. The van der Waals surface area contributed by atoms with Crippen molar-refractivity contribution in [3.63, 3.8) is 0 Å². The fraction of sp³-hybridized carbons (Fsp3) is 0.536. The van der Waals surface area contributed by atoms with E-state index in [1.54, 1.807) is 29.8 Å². The number of amides is 1. The molecular formula is C28H36N4O4. The number of hydrogen-bond donors (Lipinski definition) is 0. The lowest BCUT2D eigenvalue weighted by molar-refractivity contribution is -0.123. The van der Waals surface area contributed by atoms with Crippen molar-refractivity contribution in [2.24, 2.45) is 16.8 Å². The maximum Gasteiger partial charge on any atom is 0.341 e. The van der Waals surface area contributed by atoms with Crippen LogP contribution in [0.25, 0.3) is 16.7 Å². The van der Waals surface area contributed by atoms with E-state index in [9.17, 15) is 14.4 Å². The number of carbonyl (C=O) groups is 2. The van der Waals surface area contributed by atoms with E-state index in [4.69, 9.17) is 9.72 Å². The second-order valence-electron chi connectivity index (χ2n) is 9.65. The van der Waals surface area contributed by atoms with E-state index in [1.165, 1.54) is 29.7 Å². The van der Waals surface area contributed by atoms with Gasteiger partial charge in [0.2, 0.25) is 0 Å². The van der Waals surface area contributed by atoms with E-state index in [-0.39, 0.29) is 40.4 Å². The summed E-state index contributed by atoms with van der Waals surface area (Å²) >= 11 is 0. The molecule has 0 atom stereocenters. The van der Waals surface area contributed by atoms with Crippen molar-refractivity contribution in [1.82, 2.24) is 14.0 Å². The Balaban J connectivity index is 1.86. The van der Waals surface area contributed by atoms with Gasteiger partial charge in [0.25, 0.3) is 11.5 Å². The number of nitrogens with zero attached hydrogens (tertiary/aromatic N) is 4. The minimum absolute atomic E-state index is 0.123. The molecule has 3 aromatic heterocycles. The third-order valence-corrected chi connectivity index (χ3v) is 7.11. The van der Waals surface area contributed by atoms with Crippen LogP contribution >= 0.6 is 0 Å². The van der Waals surface area contributed by atoms with Gasteiger partial charge in [0.1, 0.15) is 16.9 Å². The molecular weight excluding hydrogens is 456 g/mol. The molecule has 1 saturated carbocycles. The largest absolute Gasteiger partial charge is 0.462 e. The molecule has 1 fully saturated rings. The molecule has 192 valence electrons. The first-order valence-corrected chi connectivity index (χ1v) is 13.3. The average Bonchev–Trinajstić information content (AvgIpc) is 2.89. The molecule has 0 radical (unpaired) electrons. The van der Waals surface area contributed by atoms with E-state index >= 15 is 0 Å². The summed E-state index contributed by atoms with van der Waals surface area (Å²) < 4.78 is 8.49. The van der Waals surface area contributed by atoms with Gasteiger partial charge >= 0.3 is 5.97 Å². The first kappa shape index (κ1) is 25.8. The Hall–Kier alpha value is -3.29. The number of unbranched alkanes of at least 4 members (excludes halogenated alkanes) is 1. The van der Waals surface area contributed by atoms with Crippen molar-refractivity contribution in [2.45, 2.75) is 78.7 Å². The van der Waals surface area contributed by atoms with E-state index in [0.717, 1.165) is 25.7 Å². The predicted molar refractivity (Wildman–Crippen MR) is 139 cm³/mol. The fourth-order valence-corrected chi connectivity index (χ4v) is 5.18. The highest BCUT2D eigenvalue weighted by Gasteiger charge is 2.27. The zero-order valence-corrected chi connectivity index (χ0v) is 21.5. The molecule has 1 aliphatic rings. The zero-order valence-electron chi connectivity index (χ0n) is 21.5. The molecule has 0 aromatic carbocycles. The fourth-order valence-electron chi connectivity index (χ4n) is 5.18. The normalized spacial score (nSPS) is 18.6. The second-order valence-corrected chi connectivity index (χ2v) is 9.65. The van der Waals surface area contributed by atoms with Crippen LogP contribution in [0, 0.1) is 11.8 Å². The van der Waals surface area contributed by atoms with Gasteiger partial charge in [-0.3, -0.25) is 14.0 Å². The van der Waals surface area contributed by atoms with Gasteiger partial charge in [-0.2, -0.15) is 4.99 Å². The highest BCUT2D eigenvalue weighted by molar-refractivity contribution is 5.93. The molecule has 1 amide bonds. The van der Waals surface area contributed by atoms with Gasteiger partial charge < -0.3 is 9.30 Å². The van der Waals surface area contributed by atoms with Crippen LogP contribution in [0.15, 0.2) is 40.2 Å². The van der Waals surface area contributed by atoms with Crippen molar-refractivity contribution in [3.05, 3.63) is 51.9 Å². The third-order valence-electron chi connectivity index (χ3n) is 7.11. The number of pyridine rings is 2. The minimum Gasteiger partial charge on any atom is -0.462 e. The number of fused-ring (bicyclic) bond motifs is 2. The van der Waals surface area contributed by atoms with Crippen LogP contribution in [0.2, 0.25) is 0 Å². The van der Waals surface area contributed by atoms with Crippen LogP contribution in [0.3, 0.4) is 0 Å². The van der Waals surface area contributed by atoms with Crippen LogP contribution in [0.4, 0.5) is 0 Å². The zero-order chi connectivity index (χ0) is 25.7. The van der Waals surface area contributed by atoms with Crippen LogP contribution in [0.5, 0.6) is 0 Å². The number of carbonyl (C=O) groups excluding carboxylic acids is 2. The van der Waals surface area contributed by atoms with Gasteiger partial charge in [-0.1, -0.05) is 39.2 Å². The molecule has 0 saturated heterocycles. The number of hydrogen-bond acceptors (Lipinski definition) is 5. The topological polar surface area (TPSA) is 95.0 Å². The number of aryl methyl sites for hydroxylation is 1. The quantitative estimate of drug-likeness (QED) is 0.337. The predicted octanol–water partition coefficient (Wildman–Crippen LogP) is 4.66. The van der Waals surface area contributed by atoms with E-state index in [2.05, 4.69) is 11.9 Å². The number of esters is 1. The molecule has 0 aliphatic heterocycles. The van der Waals surface area contributed by atoms with Crippen molar-refractivity contribution in [1.29, 1.82) is 0 Å². The molecule has 3 heterocycles. The van der Waals surface area contributed by atoms with Gasteiger partial charge in [-0.05, 0) is 63.1 Å². The van der Waals surface area contributed by atoms with Crippen LogP contribution in [-0.2, 0) is 16.1 Å². The number of aromatic nitrogens is 3. The molecule has 4 rings (SSSR count). The lowest BCUT2D eigenvalue weighted by Crippen LogP contribution is -2.34. The lowest BCUT2D eigenvalue weighted by atomic mass is 9.79. The van der Waals surface area contributed by atoms with Gasteiger partial charge in [0.15, 0.2) is 5.49 Å². The first-order valence-electron chi connectivity index (χ1n) is 13.3. The summed E-state index contributed by atoms with van der Waals surface area (Å²) in [6.07, 6.45) is 9.70. The van der Waals surface area contributed by atoms with Crippen LogP contribution in [-0.4, -0.2) is 32.4 Å². The lowest BCUT2D eigenvalue weighted by Gasteiger charge is -2.26. The minimum atomic E-state index is -0.600. The third kappa shape index (κ3) is 5.27. The Bertz CT molecular complexity index is 1380. The summed E-state index contributed by atoms with van der Waals surface area (Å²) in [5, 5.41) is 0.290. The Kier molecular flexibility index (Phi) is 8.33. The summed E-state index contributed by atoms with van der Waals surface area (Å²) in [6, 6.07) is 6.82. The molecule has 3 aromatic rings. The van der Waals surface area contributed by atoms with Gasteiger partial charge in [0, 0.05) is 18.7 Å². The van der Waals surface area contributed by atoms with Crippen LogP contribution < -0.4 is 11.0 Å². The molecule has 8 heteroatoms. The van der Waals surface area contributed by atoms with E-state index in [0.29, 0.717) is 30.2 Å². The van der Waals surface area contributed by atoms with Crippen molar-refractivity contribution < 1.29 is 14.3 Å². The van der Waals surface area contributed by atoms with Crippen molar-refractivity contribution in [3.8, 4) is 0 Å². The Morgan fingerprint density at radius 3 is 2.58 bits per heavy atom. The number of rotatable bonds is 8. The number of ether oxygens (including phenoxy) is 1. The van der Waals surface area contributed by atoms with Crippen molar-refractivity contribution in [2.75, 3.05) is 6.61 Å². The Morgan fingerprint density at radius 2 is 1.89 bits per heavy atom. The van der Waals surface area contributed by atoms with Gasteiger partial charge in [0.05, 0.1) is 12.0 Å². The summed E-state index contributed by atoms with van der Waals surface area (Å²) in [4.78, 5) is 49.0. The SMILES string of the molecule is CCCCC1CCC(C(=O)N=c2c(C(=O)OCC)cc3c(=O)n4ccccc4nc3n2CCC)CC1.